The van der Waals surface area contributed by atoms with E-state index in [1.165, 1.54) is 43.6 Å². The van der Waals surface area contributed by atoms with E-state index in [9.17, 15) is 0 Å². The molecule has 0 aliphatic carbocycles. The second-order valence-corrected chi connectivity index (χ2v) is 3.93. The highest BCUT2D eigenvalue weighted by molar-refractivity contribution is 5.26. The van der Waals surface area contributed by atoms with Crippen molar-refractivity contribution in [2.45, 2.75) is 33.1 Å². The van der Waals surface area contributed by atoms with E-state index < -0.39 is 0 Å². The molecular weight excluding hydrogens is 170 g/mol. The molecule has 0 atom stereocenters. The van der Waals surface area contributed by atoms with Crippen LogP contribution in [0.4, 0.5) is 0 Å². The largest absolute Gasteiger partial charge is 0.372 e. The molecule has 78 valence electrons. The Kier molecular flexibility index (Phi) is 4.51. The van der Waals surface area contributed by atoms with Crippen LogP contribution in [0, 0.1) is 0 Å². The number of allylic oxidation sites excluding steroid dienone is 4. The molecule has 1 aliphatic heterocycles. The summed E-state index contributed by atoms with van der Waals surface area (Å²) in [5.41, 5.74) is 2.45. The Morgan fingerprint density at radius 2 is 1.86 bits per heavy atom. The molecule has 1 rings (SSSR count). The lowest BCUT2D eigenvalue weighted by atomic mass is 10.1. The molecular formula is C13H21N. The van der Waals surface area contributed by atoms with Gasteiger partial charge in [-0.15, -0.1) is 0 Å². The molecule has 1 saturated heterocycles. The summed E-state index contributed by atoms with van der Waals surface area (Å²) in [4.78, 5) is 2.39. The van der Waals surface area contributed by atoms with E-state index in [0.717, 1.165) is 0 Å². The van der Waals surface area contributed by atoms with Crippen molar-refractivity contribution in [3.05, 3.63) is 36.1 Å². The van der Waals surface area contributed by atoms with Crippen LogP contribution in [-0.2, 0) is 0 Å². The Morgan fingerprint density at radius 1 is 1.21 bits per heavy atom. The first-order valence-corrected chi connectivity index (χ1v) is 5.49. The van der Waals surface area contributed by atoms with Crippen LogP contribution >= 0.6 is 0 Å². The van der Waals surface area contributed by atoms with E-state index in [1.807, 2.05) is 6.92 Å². The fourth-order valence-electron chi connectivity index (χ4n) is 1.85. The van der Waals surface area contributed by atoms with Gasteiger partial charge in [0.05, 0.1) is 0 Å². The molecule has 1 aliphatic rings. The van der Waals surface area contributed by atoms with Gasteiger partial charge in [0, 0.05) is 18.8 Å². The van der Waals surface area contributed by atoms with Gasteiger partial charge in [-0.05, 0) is 44.8 Å². The fourth-order valence-corrected chi connectivity index (χ4v) is 1.85. The van der Waals surface area contributed by atoms with Crippen molar-refractivity contribution >= 4 is 0 Å². The van der Waals surface area contributed by atoms with Gasteiger partial charge < -0.3 is 4.90 Å². The van der Waals surface area contributed by atoms with Gasteiger partial charge in [0.15, 0.2) is 0 Å². The van der Waals surface area contributed by atoms with E-state index in [0.29, 0.717) is 0 Å². The number of nitrogens with zero attached hydrogens (tertiary/aromatic N) is 1. The number of likely N-dealkylation sites (tertiary alicyclic amines) is 1. The molecule has 1 heteroatoms. The third-order valence-electron chi connectivity index (χ3n) is 2.59. The van der Waals surface area contributed by atoms with Crippen molar-refractivity contribution in [3.8, 4) is 0 Å². The third-order valence-corrected chi connectivity index (χ3v) is 2.59. The SMILES string of the molecule is C=C(/C=C(C)/C=C/C)N1CCCCC1. The van der Waals surface area contributed by atoms with Gasteiger partial charge in [0.1, 0.15) is 0 Å². The zero-order valence-corrected chi connectivity index (χ0v) is 9.42. The highest BCUT2D eigenvalue weighted by atomic mass is 15.1. The first-order chi connectivity index (χ1) is 6.74. The molecule has 0 aromatic rings. The van der Waals surface area contributed by atoms with Crippen molar-refractivity contribution in [3.63, 3.8) is 0 Å². The third kappa shape index (κ3) is 3.41. The molecule has 0 radical (unpaired) electrons. The predicted octanol–water partition coefficient (Wildman–Crippen LogP) is 3.51. The fraction of sp³-hybridized carbons (Fsp3) is 0.538. The Balaban J connectivity index is 2.51. The average molecular weight is 191 g/mol. The lowest BCUT2D eigenvalue weighted by Crippen LogP contribution is -2.27. The molecule has 1 nitrogen and oxygen atoms in total. The van der Waals surface area contributed by atoms with Crippen molar-refractivity contribution in [1.29, 1.82) is 0 Å². The maximum atomic E-state index is 4.12. The molecule has 0 amide bonds. The monoisotopic (exact) mass is 191 g/mol. The summed E-state index contributed by atoms with van der Waals surface area (Å²) in [6, 6.07) is 0. The second kappa shape index (κ2) is 5.69. The van der Waals surface area contributed by atoms with Crippen LogP contribution in [0.2, 0.25) is 0 Å². The molecule has 0 aromatic heterocycles. The standard InChI is InChI=1S/C13H21N/c1-4-8-12(2)11-13(3)14-9-6-5-7-10-14/h4,8,11H,3,5-7,9-10H2,1-2H3/b8-4+,12-11+. The molecule has 0 spiro atoms. The van der Waals surface area contributed by atoms with Crippen molar-refractivity contribution < 1.29 is 0 Å². The molecule has 0 unspecified atom stereocenters. The maximum absolute atomic E-state index is 4.12. The van der Waals surface area contributed by atoms with Gasteiger partial charge in [-0.1, -0.05) is 18.7 Å². The zero-order chi connectivity index (χ0) is 10.4. The predicted molar refractivity (Wildman–Crippen MR) is 63.1 cm³/mol. The Hall–Kier alpha value is -0.980. The summed E-state index contributed by atoms with van der Waals surface area (Å²) in [7, 11) is 0. The highest BCUT2D eigenvalue weighted by Crippen LogP contribution is 2.15. The maximum Gasteiger partial charge on any atom is 0.0295 e. The van der Waals surface area contributed by atoms with Gasteiger partial charge in [-0.2, -0.15) is 0 Å². The van der Waals surface area contributed by atoms with Gasteiger partial charge >= 0.3 is 0 Å². The number of hydrogen-bond acceptors (Lipinski definition) is 1. The molecule has 14 heavy (non-hydrogen) atoms. The van der Waals surface area contributed by atoms with Crippen LogP contribution in [0.15, 0.2) is 36.1 Å². The van der Waals surface area contributed by atoms with E-state index in [2.05, 4.69) is 36.6 Å². The van der Waals surface area contributed by atoms with Crippen LogP contribution in [-0.4, -0.2) is 18.0 Å². The molecule has 1 fully saturated rings. The van der Waals surface area contributed by atoms with E-state index in [4.69, 9.17) is 0 Å². The average Bonchev–Trinajstić information content (AvgIpc) is 2.19. The van der Waals surface area contributed by atoms with Crippen LogP contribution in [0.3, 0.4) is 0 Å². The minimum Gasteiger partial charge on any atom is -0.372 e. The summed E-state index contributed by atoms with van der Waals surface area (Å²) >= 11 is 0. The normalized spacial score (nSPS) is 19.0. The number of rotatable bonds is 3. The minimum atomic E-state index is 1.17. The molecule has 1 heterocycles. The summed E-state index contributed by atoms with van der Waals surface area (Å²) in [6.07, 6.45) is 10.4. The van der Waals surface area contributed by atoms with E-state index in [-0.39, 0.29) is 0 Å². The molecule has 0 saturated carbocycles. The topological polar surface area (TPSA) is 3.24 Å². The smallest absolute Gasteiger partial charge is 0.0295 e. The van der Waals surface area contributed by atoms with Crippen LogP contribution < -0.4 is 0 Å². The lowest BCUT2D eigenvalue weighted by molar-refractivity contribution is 0.294. The van der Waals surface area contributed by atoms with Crippen LogP contribution in [0.1, 0.15) is 33.1 Å². The van der Waals surface area contributed by atoms with E-state index >= 15 is 0 Å². The lowest BCUT2D eigenvalue weighted by Gasteiger charge is -2.29. The Morgan fingerprint density at radius 3 is 2.43 bits per heavy atom. The first kappa shape index (κ1) is 11.1. The second-order valence-electron chi connectivity index (χ2n) is 3.93. The van der Waals surface area contributed by atoms with Crippen LogP contribution in [0.5, 0.6) is 0 Å². The summed E-state index contributed by atoms with van der Waals surface area (Å²) in [6.45, 7) is 10.6. The summed E-state index contributed by atoms with van der Waals surface area (Å²) in [5.74, 6) is 0. The summed E-state index contributed by atoms with van der Waals surface area (Å²) < 4.78 is 0. The quantitative estimate of drug-likeness (QED) is 0.617. The summed E-state index contributed by atoms with van der Waals surface area (Å²) in [5, 5.41) is 0. The Labute approximate surface area is 87.8 Å². The van der Waals surface area contributed by atoms with Crippen molar-refractivity contribution in [2.75, 3.05) is 13.1 Å². The van der Waals surface area contributed by atoms with Gasteiger partial charge in [0.25, 0.3) is 0 Å². The molecule has 0 aromatic carbocycles. The van der Waals surface area contributed by atoms with E-state index in [1.54, 1.807) is 0 Å². The van der Waals surface area contributed by atoms with Crippen molar-refractivity contribution in [2.24, 2.45) is 0 Å². The first-order valence-electron chi connectivity index (χ1n) is 5.49. The molecule has 0 N–H and O–H groups in total. The van der Waals surface area contributed by atoms with Gasteiger partial charge in [-0.3, -0.25) is 0 Å². The van der Waals surface area contributed by atoms with Gasteiger partial charge in [-0.25, -0.2) is 0 Å². The molecule has 0 bridgehead atoms. The van der Waals surface area contributed by atoms with Crippen LogP contribution in [0.25, 0.3) is 0 Å². The van der Waals surface area contributed by atoms with Crippen molar-refractivity contribution in [1.82, 2.24) is 4.90 Å². The number of piperidine rings is 1. The van der Waals surface area contributed by atoms with Gasteiger partial charge in [0.2, 0.25) is 0 Å². The minimum absolute atomic E-state index is 1.17. The highest BCUT2D eigenvalue weighted by Gasteiger charge is 2.09. The Bertz CT molecular complexity index is 242. The zero-order valence-electron chi connectivity index (χ0n) is 9.42. The number of hydrogen-bond donors (Lipinski definition) is 0.